The van der Waals surface area contributed by atoms with Crippen LogP contribution in [0.2, 0.25) is 0 Å². The molecule has 2 atom stereocenters. The van der Waals surface area contributed by atoms with Gasteiger partial charge >= 0.3 is 0 Å². The lowest BCUT2D eigenvalue weighted by Crippen LogP contribution is -2.51. The summed E-state index contributed by atoms with van der Waals surface area (Å²) in [7, 11) is 0. The highest BCUT2D eigenvalue weighted by Gasteiger charge is 2.50. The number of nitriles is 1. The number of nitrogens with one attached hydrogen (secondary N) is 2. The fraction of sp³-hybridized carbons (Fsp3) is 0.500. The lowest BCUT2D eigenvalue weighted by Gasteiger charge is -2.41. The Labute approximate surface area is 191 Å². The number of aromatic nitrogens is 4. The summed E-state index contributed by atoms with van der Waals surface area (Å²) in [5.41, 5.74) is 8.93. The van der Waals surface area contributed by atoms with E-state index in [1.165, 1.54) is 0 Å². The zero-order valence-corrected chi connectivity index (χ0v) is 18.6. The SMILES string of the molecule is C[C@@H]1OCC2(CCN(c3nc4[nH]nc(C5(c6ccc(C#N)cc6)CC5)c4c(=O)[nH]3)CC2)[C@@H]1N. The molecule has 1 saturated carbocycles. The predicted octanol–water partition coefficient (Wildman–Crippen LogP) is 1.93. The van der Waals surface area contributed by atoms with Crippen LogP contribution in [0.5, 0.6) is 0 Å². The second-order valence-electron chi connectivity index (χ2n) is 9.85. The highest BCUT2D eigenvalue weighted by molar-refractivity contribution is 5.80. The maximum atomic E-state index is 13.2. The number of anilines is 1. The molecule has 0 radical (unpaired) electrons. The fourth-order valence-electron chi connectivity index (χ4n) is 5.71. The summed E-state index contributed by atoms with van der Waals surface area (Å²) >= 11 is 0. The van der Waals surface area contributed by atoms with Gasteiger partial charge in [0, 0.05) is 30.0 Å². The van der Waals surface area contributed by atoms with Crippen LogP contribution in [0.3, 0.4) is 0 Å². The summed E-state index contributed by atoms with van der Waals surface area (Å²) in [6, 6.07) is 9.75. The smallest absolute Gasteiger partial charge is 0.263 e. The van der Waals surface area contributed by atoms with Crippen molar-refractivity contribution in [1.82, 2.24) is 20.2 Å². The Hall–Kier alpha value is -3.22. The first-order valence-electron chi connectivity index (χ1n) is 11.6. The van der Waals surface area contributed by atoms with Crippen molar-refractivity contribution in [3.63, 3.8) is 0 Å². The van der Waals surface area contributed by atoms with Crippen molar-refractivity contribution in [2.24, 2.45) is 11.1 Å². The Balaban J connectivity index is 1.29. The number of benzene rings is 1. The molecule has 33 heavy (non-hydrogen) atoms. The molecule has 1 aromatic carbocycles. The van der Waals surface area contributed by atoms with Crippen molar-refractivity contribution in [3.8, 4) is 6.07 Å². The van der Waals surface area contributed by atoms with Gasteiger partial charge in [-0.3, -0.25) is 14.9 Å². The number of H-pyrrole nitrogens is 2. The first-order chi connectivity index (χ1) is 16.0. The van der Waals surface area contributed by atoms with E-state index in [1.807, 2.05) is 31.2 Å². The van der Waals surface area contributed by atoms with Crippen LogP contribution in [0.25, 0.3) is 11.0 Å². The van der Waals surface area contributed by atoms with E-state index in [0.29, 0.717) is 29.2 Å². The van der Waals surface area contributed by atoms with Crippen molar-refractivity contribution in [1.29, 1.82) is 5.26 Å². The number of hydrogen-bond donors (Lipinski definition) is 3. The van der Waals surface area contributed by atoms with E-state index in [9.17, 15) is 4.79 Å². The number of rotatable bonds is 3. The maximum Gasteiger partial charge on any atom is 0.263 e. The van der Waals surface area contributed by atoms with Crippen LogP contribution in [0.4, 0.5) is 5.95 Å². The van der Waals surface area contributed by atoms with Gasteiger partial charge in [-0.05, 0) is 50.3 Å². The molecule has 4 heterocycles. The summed E-state index contributed by atoms with van der Waals surface area (Å²) < 4.78 is 5.82. The molecule has 4 N–H and O–H groups in total. The number of hydrogen-bond acceptors (Lipinski definition) is 7. The minimum atomic E-state index is -0.296. The van der Waals surface area contributed by atoms with Crippen LogP contribution < -0.4 is 16.2 Å². The highest BCUT2D eigenvalue weighted by Crippen LogP contribution is 2.54. The highest BCUT2D eigenvalue weighted by atomic mass is 16.5. The lowest BCUT2D eigenvalue weighted by atomic mass is 9.73. The Morgan fingerprint density at radius 2 is 1.94 bits per heavy atom. The Kier molecular flexibility index (Phi) is 4.41. The van der Waals surface area contributed by atoms with Crippen LogP contribution in [0.1, 0.15) is 49.4 Å². The van der Waals surface area contributed by atoms with Gasteiger partial charge in [0.1, 0.15) is 5.39 Å². The van der Waals surface area contributed by atoms with Crippen molar-refractivity contribution in [2.45, 2.75) is 50.2 Å². The second-order valence-corrected chi connectivity index (χ2v) is 9.85. The van der Waals surface area contributed by atoms with E-state index in [1.54, 1.807) is 0 Å². The first-order valence-corrected chi connectivity index (χ1v) is 11.6. The van der Waals surface area contributed by atoms with Gasteiger partial charge in [0.15, 0.2) is 5.65 Å². The van der Waals surface area contributed by atoms with Gasteiger partial charge in [-0.15, -0.1) is 0 Å². The molecule has 2 aliphatic heterocycles. The summed E-state index contributed by atoms with van der Waals surface area (Å²) in [5.74, 6) is 0.571. The number of nitrogens with two attached hydrogens (primary N) is 1. The van der Waals surface area contributed by atoms with Gasteiger partial charge in [0.05, 0.1) is 30.0 Å². The van der Waals surface area contributed by atoms with Crippen molar-refractivity contribution >= 4 is 17.0 Å². The van der Waals surface area contributed by atoms with Crippen LogP contribution in [0, 0.1) is 16.7 Å². The third-order valence-corrected chi connectivity index (χ3v) is 8.09. The summed E-state index contributed by atoms with van der Waals surface area (Å²) in [5, 5.41) is 17.2. The lowest BCUT2D eigenvalue weighted by molar-refractivity contribution is 0.0973. The average Bonchev–Trinajstić information content (AvgIpc) is 3.46. The van der Waals surface area contributed by atoms with E-state index < -0.39 is 0 Å². The van der Waals surface area contributed by atoms with Crippen LogP contribution in [0.15, 0.2) is 29.1 Å². The van der Waals surface area contributed by atoms with E-state index in [-0.39, 0.29) is 28.5 Å². The number of fused-ring (bicyclic) bond motifs is 1. The molecular formula is C24H27N7O2. The Morgan fingerprint density at radius 1 is 1.21 bits per heavy atom. The average molecular weight is 446 g/mol. The van der Waals surface area contributed by atoms with Gasteiger partial charge in [0.25, 0.3) is 5.56 Å². The summed E-state index contributed by atoms with van der Waals surface area (Å²) in [6.07, 6.45) is 3.73. The second kappa shape index (κ2) is 7.14. The van der Waals surface area contributed by atoms with E-state index in [2.05, 4.69) is 26.2 Å². The summed E-state index contributed by atoms with van der Waals surface area (Å²) in [6.45, 7) is 4.29. The minimum absolute atomic E-state index is 0.0148. The number of piperidine rings is 1. The van der Waals surface area contributed by atoms with Crippen LogP contribution >= 0.6 is 0 Å². The van der Waals surface area contributed by atoms with Gasteiger partial charge in [-0.25, -0.2) is 0 Å². The molecule has 2 saturated heterocycles. The zero-order valence-electron chi connectivity index (χ0n) is 18.6. The molecule has 1 aliphatic carbocycles. The molecule has 9 heteroatoms. The van der Waals surface area contributed by atoms with Crippen molar-refractivity contribution < 1.29 is 4.74 Å². The van der Waals surface area contributed by atoms with Gasteiger partial charge in [-0.1, -0.05) is 12.1 Å². The fourth-order valence-corrected chi connectivity index (χ4v) is 5.71. The molecule has 3 fully saturated rings. The Bertz CT molecular complexity index is 1310. The molecule has 3 aromatic rings. The summed E-state index contributed by atoms with van der Waals surface area (Å²) in [4.78, 5) is 23.1. The monoisotopic (exact) mass is 445 g/mol. The minimum Gasteiger partial charge on any atom is -0.376 e. The van der Waals surface area contributed by atoms with Gasteiger partial charge in [-0.2, -0.15) is 15.3 Å². The quantitative estimate of drug-likeness (QED) is 0.560. The molecule has 2 aromatic heterocycles. The number of aromatic amines is 2. The van der Waals surface area contributed by atoms with Crippen molar-refractivity contribution in [3.05, 3.63) is 51.4 Å². The van der Waals surface area contributed by atoms with Crippen molar-refractivity contribution in [2.75, 3.05) is 24.6 Å². The van der Waals surface area contributed by atoms with E-state index in [4.69, 9.17) is 20.7 Å². The molecule has 0 bridgehead atoms. The van der Waals surface area contributed by atoms with E-state index in [0.717, 1.165) is 50.0 Å². The molecular weight excluding hydrogens is 418 g/mol. The zero-order chi connectivity index (χ0) is 22.8. The third-order valence-electron chi connectivity index (χ3n) is 8.09. The standard InChI is InChI=1S/C24H27N7O2/c1-14-18(26)23(13-33-14)8-10-31(11-9-23)22-27-20-17(21(32)28-22)19(29-30-20)24(6-7-24)16-4-2-15(12-25)3-5-16/h2-5,14,18H,6-11,13,26H2,1H3,(H2,27,28,29,30,32)/t14-,18+/m0/s1. The molecule has 3 aliphatic rings. The predicted molar refractivity (Wildman–Crippen MR) is 123 cm³/mol. The largest absolute Gasteiger partial charge is 0.376 e. The molecule has 9 nitrogen and oxygen atoms in total. The van der Waals surface area contributed by atoms with Gasteiger partial charge in [0.2, 0.25) is 5.95 Å². The maximum absolute atomic E-state index is 13.2. The van der Waals surface area contributed by atoms with Crippen LogP contribution in [-0.2, 0) is 10.2 Å². The molecule has 0 amide bonds. The first kappa shape index (κ1) is 20.4. The number of ether oxygens (including phenoxy) is 1. The molecule has 6 rings (SSSR count). The topological polar surface area (TPSA) is 137 Å². The molecule has 0 unspecified atom stereocenters. The molecule has 170 valence electrons. The van der Waals surface area contributed by atoms with Crippen LogP contribution in [-0.4, -0.2) is 52.0 Å². The Morgan fingerprint density at radius 3 is 2.55 bits per heavy atom. The third kappa shape index (κ3) is 3.01. The van der Waals surface area contributed by atoms with E-state index >= 15 is 0 Å². The van der Waals surface area contributed by atoms with Gasteiger partial charge < -0.3 is 15.4 Å². The number of nitrogens with zero attached hydrogens (tertiary/aromatic N) is 4. The molecule has 1 spiro atoms. The normalized spacial score (nSPS) is 25.4.